The van der Waals surface area contributed by atoms with E-state index < -0.39 is 18.9 Å². The number of piperidine rings is 1. The van der Waals surface area contributed by atoms with Crippen LogP contribution in [0, 0.1) is 11.3 Å². The SMILES string of the molecule is CC(C)(C)[C@@H]1CCN(Cc2ccccc2OCC(F)(F)F)C[C@@H]1O. The first kappa shape index (κ1) is 19.1. The average molecular weight is 345 g/mol. The van der Waals surface area contributed by atoms with Crippen molar-refractivity contribution in [2.75, 3.05) is 19.7 Å². The number of likely N-dealkylation sites (tertiary alicyclic amines) is 1. The predicted octanol–water partition coefficient (Wildman–Crippen LogP) is 3.86. The van der Waals surface area contributed by atoms with Gasteiger partial charge in [0.25, 0.3) is 0 Å². The lowest BCUT2D eigenvalue weighted by molar-refractivity contribution is -0.153. The van der Waals surface area contributed by atoms with E-state index in [-0.39, 0.29) is 17.1 Å². The van der Waals surface area contributed by atoms with Crippen LogP contribution in [0.5, 0.6) is 5.75 Å². The fourth-order valence-corrected chi connectivity index (χ4v) is 3.33. The number of β-amino-alcohol motifs (C(OH)–C–C–N with tert-alkyl or cyclic N) is 1. The van der Waals surface area contributed by atoms with E-state index in [2.05, 4.69) is 25.7 Å². The molecular formula is C18H26F3NO2. The summed E-state index contributed by atoms with van der Waals surface area (Å²) in [5.74, 6) is 0.479. The number of hydrogen-bond donors (Lipinski definition) is 1. The molecule has 0 aliphatic carbocycles. The molecule has 0 saturated carbocycles. The van der Waals surface area contributed by atoms with Gasteiger partial charge in [0.15, 0.2) is 6.61 Å². The predicted molar refractivity (Wildman–Crippen MR) is 86.8 cm³/mol. The van der Waals surface area contributed by atoms with Gasteiger partial charge in [0.2, 0.25) is 0 Å². The summed E-state index contributed by atoms with van der Waals surface area (Å²) >= 11 is 0. The van der Waals surface area contributed by atoms with Crippen molar-refractivity contribution in [3.63, 3.8) is 0 Å². The lowest BCUT2D eigenvalue weighted by Crippen LogP contribution is -2.47. The molecule has 2 rings (SSSR count). The number of hydrogen-bond acceptors (Lipinski definition) is 3. The molecular weight excluding hydrogens is 319 g/mol. The van der Waals surface area contributed by atoms with Crippen LogP contribution >= 0.6 is 0 Å². The largest absolute Gasteiger partial charge is 0.484 e. The highest BCUT2D eigenvalue weighted by atomic mass is 19.4. The fraction of sp³-hybridized carbons (Fsp3) is 0.667. The summed E-state index contributed by atoms with van der Waals surface area (Å²) in [6.45, 7) is 6.88. The smallest absolute Gasteiger partial charge is 0.422 e. The van der Waals surface area contributed by atoms with Crippen LogP contribution < -0.4 is 4.74 Å². The summed E-state index contributed by atoms with van der Waals surface area (Å²) in [4.78, 5) is 2.07. The highest BCUT2D eigenvalue weighted by Crippen LogP contribution is 2.35. The molecule has 6 heteroatoms. The zero-order valence-electron chi connectivity index (χ0n) is 14.4. The highest BCUT2D eigenvalue weighted by molar-refractivity contribution is 5.33. The number of aliphatic hydroxyl groups is 1. The Morgan fingerprint density at radius 3 is 2.46 bits per heavy atom. The van der Waals surface area contributed by atoms with Crippen molar-refractivity contribution >= 4 is 0 Å². The molecule has 1 aromatic rings. The minimum Gasteiger partial charge on any atom is -0.484 e. The summed E-state index contributed by atoms with van der Waals surface area (Å²) in [6.07, 6.45) is -3.91. The normalized spacial score (nSPS) is 23.3. The minimum absolute atomic E-state index is 0.0409. The molecule has 0 amide bonds. The Kier molecular flexibility index (Phi) is 5.81. The number of alkyl halides is 3. The van der Waals surface area contributed by atoms with Gasteiger partial charge in [-0.3, -0.25) is 4.90 Å². The Bertz CT molecular complexity index is 540. The van der Waals surface area contributed by atoms with Crippen LogP contribution in [0.4, 0.5) is 13.2 Å². The minimum atomic E-state index is -4.35. The van der Waals surface area contributed by atoms with Gasteiger partial charge in [-0.15, -0.1) is 0 Å². The van der Waals surface area contributed by atoms with Crippen molar-refractivity contribution in [3.8, 4) is 5.75 Å². The number of para-hydroxylation sites is 1. The molecule has 1 heterocycles. The Morgan fingerprint density at radius 1 is 1.21 bits per heavy atom. The van der Waals surface area contributed by atoms with Crippen molar-refractivity contribution in [3.05, 3.63) is 29.8 Å². The summed E-state index contributed by atoms with van der Waals surface area (Å²) < 4.78 is 42.0. The van der Waals surface area contributed by atoms with Crippen LogP contribution in [0.1, 0.15) is 32.8 Å². The molecule has 1 saturated heterocycles. The second-order valence-corrected chi connectivity index (χ2v) is 7.58. The molecule has 24 heavy (non-hydrogen) atoms. The third-order valence-corrected chi connectivity index (χ3v) is 4.54. The molecule has 0 aromatic heterocycles. The van der Waals surface area contributed by atoms with Crippen LogP contribution in [0.2, 0.25) is 0 Å². The lowest BCUT2D eigenvalue weighted by atomic mass is 9.73. The van der Waals surface area contributed by atoms with Crippen molar-refractivity contribution in [2.45, 2.75) is 46.0 Å². The number of rotatable bonds is 4. The Hall–Kier alpha value is -1.27. The lowest BCUT2D eigenvalue weighted by Gasteiger charge is -2.42. The fourth-order valence-electron chi connectivity index (χ4n) is 3.33. The summed E-state index contributed by atoms with van der Waals surface area (Å²) in [7, 11) is 0. The zero-order chi connectivity index (χ0) is 18.0. The quantitative estimate of drug-likeness (QED) is 0.899. The van der Waals surface area contributed by atoms with Gasteiger partial charge >= 0.3 is 6.18 Å². The summed E-state index contributed by atoms with van der Waals surface area (Å²) in [5, 5.41) is 10.4. The standard InChI is InChI=1S/C18H26F3NO2/c1-17(2,3)14-8-9-22(11-15(14)23)10-13-6-4-5-7-16(13)24-12-18(19,20)21/h4-7,14-15,23H,8-12H2,1-3H3/t14-,15+/m1/s1. The number of halogens is 3. The van der Waals surface area contributed by atoms with Crippen molar-refractivity contribution < 1.29 is 23.0 Å². The molecule has 3 nitrogen and oxygen atoms in total. The Labute approximate surface area is 141 Å². The topological polar surface area (TPSA) is 32.7 Å². The average Bonchev–Trinajstić information content (AvgIpc) is 2.44. The second-order valence-electron chi connectivity index (χ2n) is 7.58. The first-order valence-corrected chi connectivity index (χ1v) is 8.24. The Balaban J connectivity index is 2.00. The van der Waals surface area contributed by atoms with Crippen LogP contribution in [0.15, 0.2) is 24.3 Å². The number of ether oxygens (including phenoxy) is 1. The molecule has 1 N–H and O–H groups in total. The molecule has 1 aliphatic rings. The van der Waals surface area contributed by atoms with E-state index in [1.54, 1.807) is 24.3 Å². The number of nitrogens with zero attached hydrogens (tertiary/aromatic N) is 1. The summed E-state index contributed by atoms with van der Waals surface area (Å²) in [5.41, 5.74) is 0.752. The molecule has 0 radical (unpaired) electrons. The highest BCUT2D eigenvalue weighted by Gasteiger charge is 2.35. The molecule has 0 spiro atoms. The number of benzene rings is 1. The van der Waals surface area contributed by atoms with Crippen LogP contribution in [0.3, 0.4) is 0 Å². The molecule has 0 bridgehead atoms. The monoisotopic (exact) mass is 345 g/mol. The van der Waals surface area contributed by atoms with Crippen LogP contribution in [-0.4, -0.2) is 42.0 Å². The maximum atomic E-state index is 12.4. The van der Waals surface area contributed by atoms with Crippen LogP contribution in [-0.2, 0) is 6.54 Å². The maximum Gasteiger partial charge on any atom is 0.422 e. The molecule has 1 aromatic carbocycles. The van der Waals surface area contributed by atoms with Gasteiger partial charge in [0.1, 0.15) is 5.75 Å². The van der Waals surface area contributed by atoms with E-state index >= 15 is 0 Å². The Morgan fingerprint density at radius 2 is 1.88 bits per heavy atom. The van der Waals surface area contributed by atoms with Crippen molar-refractivity contribution in [2.24, 2.45) is 11.3 Å². The molecule has 0 unspecified atom stereocenters. The van der Waals surface area contributed by atoms with Gasteiger partial charge < -0.3 is 9.84 Å². The van der Waals surface area contributed by atoms with E-state index in [0.29, 0.717) is 18.7 Å². The van der Waals surface area contributed by atoms with Gasteiger partial charge in [-0.05, 0) is 30.4 Å². The van der Waals surface area contributed by atoms with E-state index in [0.717, 1.165) is 13.0 Å². The third-order valence-electron chi connectivity index (χ3n) is 4.54. The first-order chi connectivity index (χ1) is 11.1. The summed E-state index contributed by atoms with van der Waals surface area (Å²) in [6, 6.07) is 6.78. The van der Waals surface area contributed by atoms with Crippen molar-refractivity contribution in [1.82, 2.24) is 4.90 Å². The van der Waals surface area contributed by atoms with Gasteiger partial charge in [0.05, 0.1) is 6.10 Å². The second kappa shape index (κ2) is 7.31. The maximum absolute atomic E-state index is 12.4. The first-order valence-electron chi connectivity index (χ1n) is 8.24. The van der Waals surface area contributed by atoms with Gasteiger partial charge in [-0.2, -0.15) is 13.2 Å². The number of aliphatic hydroxyl groups excluding tert-OH is 1. The van der Waals surface area contributed by atoms with Gasteiger partial charge in [-0.1, -0.05) is 39.0 Å². The van der Waals surface area contributed by atoms with E-state index in [1.807, 2.05) is 0 Å². The van der Waals surface area contributed by atoms with Gasteiger partial charge in [-0.25, -0.2) is 0 Å². The van der Waals surface area contributed by atoms with Gasteiger partial charge in [0, 0.05) is 18.7 Å². The zero-order valence-corrected chi connectivity index (χ0v) is 14.4. The van der Waals surface area contributed by atoms with E-state index in [1.165, 1.54) is 0 Å². The third kappa shape index (κ3) is 5.38. The van der Waals surface area contributed by atoms with E-state index in [4.69, 9.17) is 4.74 Å². The van der Waals surface area contributed by atoms with Crippen molar-refractivity contribution in [1.29, 1.82) is 0 Å². The molecule has 136 valence electrons. The molecule has 2 atom stereocenters. The molecule has 1 fully saturated rings. The molecule has 1 aliphatic heterocycles. The van der Waals surface area contributed by atoms with E-state index in [9.17, 15) is 18.3 Å². The van der Waals surface area contributed by atoms with Crippen LogP contribution in [0.25, 0.3) is 0 Å².